The lowest BCUT2D eigenvalue weighted by Crippen LogP contribution is -2.41. The minimum atomic E-state index is -0.603. The maximum absolute atomic E-state index is 12.1. The summed E-state index contributed by atoms with van der Waals surface area (Å²) in [6.45, 7) is 2.39. The highest BCUT2D eigenvalue weighted by atomic mass is 16.6. The van der Waals surface area contributed by atoms with Crippen LogP contribution in [0.25, 0.3) is 0 Å². The number of non-ortho nitro benzene ring substituents is 1. The van der Waals surface area contributed by atoms with Gasteiger partial charge in [-0.05, 0) is 18.9 Å². The topological polar surface area (TPSA) is 83.7 Å². The molecule has 2 rings (SSSR count). The average Bonchev–Trinajstić information content (AvgIpc) is 2.32. The van der Waals surface area contributed by atoms with Gasteiger partial charge in [-0.25, -0.2) is 0 Å². The largest absolute Gasteiger partial charge is 0.392 e. The van der Waals surface area contributed by atoms with Crippen molar-refractivity contribution in [2.45, 2.75) is 19.4 Å². The van der Waals surface area contributed by atoms with Crippen molar-refractivity contribution in [2.24, 2.45) is 0 Å². The van der Waals surface area contributed by atoms with Crippen molar-refractivity contribution in [2.75, 3.05) is 13.1 Å². The fourth-order valence-corrected chi connectivity index (χ4v) is 2.12. The van der Waals surface area contributed by atoms with Crippen molar-refractivity contribution >= 4 is 11.6 Å². The predicted molar refractivity (Wildman–Crippen MR) is 64.4 cm³/mol. The molecule has 0 fully saturated rings. The summed E-state index contributed by atoms with van der Waals surface area (Å²) in [4.78, 5) is 23.8. The zero-order chi connectivity index (χ0) is 13.3. The van der Waals surface area contributed by atoms with E-state index in [-0.39, 0.29) is 18.1 Å². The second kappa shape index (κ2) is 4.73. The number of hydrogen-bond acceptors (Lipinski definition) is 4. The maximum atomic E-state index is 12.1. The Kier molecular flexibility index (Phi) is 3.29. The van der Waals surface area contributed by atoms with E-state index in [1.54, 1.807) is 13.0 Å². The molecule has 1 unspecified atom stereocenters. The highest BCUT2D eigenvalue weighted by Gasteiger charge is 2.26. The van der Waals surface area contributed by atoms with Gasteiger partial charge in [0.05, 0.1) is 11.0 Å². The summed E-state index contributed by atoms with van der Waals surface area (Å²) >= 11 is 0. The Bertz CT molecular complexity index is 499. The van der Waals surface area contributed by atoms with Gasteiger partial charge in [-0.15, -0.1) is 0 Å². The molecule has 6 nitrogen and oxygen atoms in total. The lowest BCUT2D eigenvalue weighted by atomic mass is 9.98. The van der Waals surface area contributed by atoms with Crippen LogP contribution >= 0.6 is 0 Å². The Morgan fingerprint density at radius 3 is 2.89 bits per heavy atom. The molecule has 0 saturated heterocycles. The summed E-state index contributed by atoms with van der Waals surface area (Å²) < 4.78 is 0. The molecule has 1 heterocycles. The van der Waals surface area contributed by atoms with Crippen molar-refractivity contribution in [1.29, 1.82) is 0 Å². The first-order chi connectivity index (χ1) is 8.49. The van der Waals surface area contributed by atoms with Crippen molar-refractivity contribution in [3.8, 4) is 0 Å². The molecule has 1 aliphatic heterocycles. The molecule has 1 N–H and O–H groups in total. The first-order valence-corrected chi connectivity index (χ1v) is 5.73. The van der Waals surface area contributed by atoms with Gasteiger partial charge >= 0.3 is 0 Å². The number of nitro benzene ring substituents is 1. The molecule has 1 atom stereocenters. The summed E-state index contributed by atoms with van der Waals surface area (Å²) in [5.41, 5.74) is 1.12. The zero-order valence-electron chi connectivity index (χ0n) is 10.00. The number of nitrogens with zero attached hydrogens (tertiary/aromatic N) is 2. The van der Waals surface area contributed by atoms with Gasteiger partial charge < -0.3 is 10.0 Å². The number of aliphatic hydroxyl groups excluding tert-OH is 1. The smallest absolute Gasteiger partial charge is 0.270 e. The number of hydrogen-bond donors (Lipinski definition) is 1. The standard InChI is InChI=1S/C12H14N2O4/c1-8(15)7-13-5-4-9-2-3-10(14(17)18)6-11(9)12(13)16/h2-3,6,8,15H,4-5,7H2,1H3. The lowest BCUT2D eigenvalue weighted by Gasteiger charge is -2.29. The van der Waals surface area contributed by atoms with Crippen molar-refractivity contribution in [1.82, 2.24) is 4.90 Å². The third-order valence-corrected chi connectivity index (χ3v) is 2.96. The van der Waals surface area contributed by atoms with Crippen LogP contribution in [-0.4, -0.2) is 40.0 Å². The number of β-amino-alcohol motifs (C(OH)–C–C–N with tert-alkyl or cyclic N) is 1. The molecule has 0 bridgehead atoms. The number of amides is 1. The molecule has 0 aromatic heterocycles. The van der Waals surface area contributed by atoms with E-state index in [2.05, 4.69) is 0 Å². The van der Waals surface area contributed by atoms with E-state index in [4.69, 9.17) is 0 Å². The Morgan fingerprint density at radius 1 is 1.56 bits per heavy atom. The van der Waals surface area contributed by atoms with Gasteiger partial charge in [0, 0.05) is 30.8 Å². The predicted octanol–water partition coefficient (Wildman–Crippen LogP) is 0.974. The molecule has 0 spiro atoms. The molecule has 1 aromatic carbocycles. The SMILES string of the molecule is CC(O)CN1CCc2ccc([N+](=O)[O-])cc2C1=O. The van der Waals surface area contributed by atoms with E-state index in [0.717, 1.165) is 5.56 Å². The number of carbonyl (C=O) groups is 1. The molecule has 0 radical (unpaired) electrons. The van der Waals surface area contributed by atoms with Crippen molar-refractivity contribution < 1.29 is 14.8 Å². The zero-order valence-corrected chi connectivity index (χ0v) is 10.00. The molecule has 6 heteroatoms. The molecular weight excluding hydrogens is 236 g/mol. The second-order valence-corrected chi connectivity index (χ2v) is 4.45. The fraction of sp³-hybridized carbons (Fsp3) is 0.417. The van der Waals surface area contributed by atoms with E-state index < -0.39 is 11.0 Å². The number of carbonyl (C=O) groups excluding carboxylic acids is 1. The molecule has 1 aliphatic rings. The van der Waals surface area contributed by atoms with E-state index >= 15 is 0 Å². The third kappa shape index (κ3) is 2.33. The van der Waals surface area contributed by atoms with Crippen LogP contribution in [0.2, 0.25) is 0 Å². The monoisotopic (exact) mass is 250 g/mol. The molecule has 0 aliphatic carbocycles. The number of nitro groups is 1. The number of benzene rings is 1. The van der Waals surface area contributed by atoms with Gasteiger partial charge in [-0.3, -0.25) is 14.9 Å². The minimum Gasteiger partial charge on any atom is -0.392 e. The molecule has 18 heavy (non-hydrogen) atoms. The van der Waals surface area contributed by atoms with Crippen LogP contribution in [-0.2, 0) is 6.42 Å². The Labute approximate surface area is 104 Å². The summed E-state index contributed by atoms with van der Waals surface area (Å²) in [5, 5.41) is 20.0. The number of fused-ring (bicyclic) bond motifs is 1. The number of aliphatic hydroxyl groups is 1. The average molecular weight is 250 g/mol. The van der Waals surface area contributed by atoms with Gasteiger partial charge in [0.2, 0.25) is 0 Å². The van der Waals surface area contributed by atoms with Gasteiger partial charge in [0.1, 0.15) is 0 Å². The lowest BCUT2D eigenvalue weighted by molar-refractivity contribution is -0.384. The van der Waals surface area contributed by atoms with Gasteiger partial charge in [0.15, 0.2) is 0 Å². The van der Waals surface area contributed by atoms with E-state index in [1.165, 1.54) is 17.0 Å². The highest BCUT2D eigenvalue weighted by Crippen LogP contribution is 2.23. The van der Waals surface area contributed by atoms with Crippen molar-refractivity contribution in [3.63, 3.8) is 0 Å². The molecule has 1 amide bonds. The summed E-state index contributed by atoms with van der Waals surface area (Å²) in [6, 6.07) is 4.35. The van der Waals surface area contributed by atoms with Gasteiger partial charge in [-0.2, -0.15) is 0 Å². The Morgan fingerprint density at radius 2 is 2.28 bits per heavy atom. The normalized spacial score (nSPS) is 16.3. The summed E-state index contributed by atoms with van der Waals surface area (Å²) in [7, 11) is 0. The fourth-order valence-electron chi connectivity index (χ4n) is 2.12. The van der Waals surface area contributed by atoms with E-state index in [1.807, 2.05) is 0 Å². The Hall–Kier alpha value is -1.95. The first-order valence-electron chi connectivity index (χ1n) is 5.73. The molecule has 1 aromatic rings. The first kappa shape index (κ1) is 12.5. The van der Waals surface area contributed by atoms with Crippen LogP contribution in [0.4, 0.5) is 5.69 Å². The quantitative estimate of drug-likeness (QED) is 0.640. The van der Waals surface area contributed by atoms with Crippen LogP contribution < -0.4 is 0 Å². The third-order valence-electron chi connectivity index (χ3n) is 2.96. The highest BCUT2D eigenvalue weighted by molar-refractivity contribution is 5.97. The second-order valence-electron chi connectivity index (χ2n) is 4.45. The van der Waals surface area contributed by atoms with Crippen LogP contribution in [0.3, 0.4) is 0 Å². The van der Waals surface area contributed by atoms with Crippen LogP contribution in [0, 0.1) is 10.1 Å². The van der Waals surface area contributed by atoms with E-state index in [9.17, 15) is 20.0 Å². The maximum Gasteiger partial charge on any atom is 0.270 e. The molecule has 96 valence electrons. The molecular formula is C12H14N2O4. The summed E-state index contributed by atoms with van der Waals surface area (Å²) in [5.74, 6) is -0.249. The van der Waals surface area contributed by atoms with E-state index in [0.29, 0.717) is 18.5 Å². The summed E-state index contributed by atoms with van der Waals surface area (Å²) in [6.07, 6.45) is 0.0559. The molecule has 0 saturated carbocycles. The van der Waals surface area contributed by atoms with Gasteiger partial charge in [-0.1, -0.05) is 6.07 Å². The van der Waals surface area contributed by atoms with Crippen LogP contribution in [0.15, 0.2) is 18.2 Å². The van der Waals surface area contributed by atoms with Gasteiger partial charge in [0.25, 0.3) is 11.6 Å². The van der Waals surface area contributed by atoms with Crippen molar-refractivity contribution in [3.05, 3.63) is 39.4 Å². The van der Waals surface area contributed by atoms with Crippen LogP contribution in [0.5, 0.6) is 0 Å². The number of rotatable bonds is 3. The van der Waals surface area contributed by atoms with Crippen LogP contribution in [0.1, 0.15) is 22.8 Å². The minimum absolute atomic E-state index is 0.0824. The Balaban J connectivity index is 2.32.